The predicted molar refractivity (Wildman–Crippen MR) is 96.9 cm³/mol. The summed E-state index contributed by atoms with van der Waals surface area (Å²) in [7, 11) is 0. The molecular weight excluding hydrogens is 409 g/mol. The van der Waals surface area contributed by atoms with Gasteiger partial charge in [-0.05, 0) is 42.8 Å². The van der Waals surface area contributed by atoms with Crippen molar-refractivity contribution in [3.05, 3.63) is 82.6 Å². The lowest BCUT2D eigenvalue weighted by atomic mass is 10.1. The summed E-state index contributed by atoms with van der Waals surface area (Å²) in [5.74, 6) is -4.86. The quantitative estimate of drug-likeness (QED) is 0.686. The molecule has 1 aliphatic carbocycles. The lowest BCUT2D eigenvalue weighted by Gasteiger charge is -2.16. The van der Waals surface area contributed by atoms with Gasteiger partial charge in [-0.2, -0.15) is 17.6 Å². The SMILES string of the molecule is Cc1ccc(Oc2ccc(C(F)(F)F)cc2C(=O)NC2=CC(=O)CC=C2)c(F)c1F. The van der Waals surface area contributed by atoms with E-state index in [9.17, 15) is 31.5 Å². The van der Waals surface area contributed by atoms with Gasteiger partial charge in [0.25, 0.3) is 5.91 Å². The van der Waals surface area contributed by atoms with E-state index in [2.05, 4.69) is 5.32 Å². The number of allylic oxidation sites excluding steroid dienone is 3. The van der Waals surface area contributed by atoms with E-state index in [1.54, 1.807) is 0 Å². The first-order valence-electron chi connectivity index (χ1n) is 8.62. The van der Waals surface area contributed by atoms with Gasteiger partial charge in [0, 0.05) is 18.2 Å². The molecule has 9 heteroatoms. The summed E-state index contributed by atoms with van der Waals surface area (Å²) in [6.07, 6.45) is -0.597. The Labute approximate surface area is 167 Å². The summed E-state index contributed by atoms with van der Waals surface area (Å²) in [6.45, 7) is 1.33. The maximum atomic E-state index is 14.1. The molecule has 1 aliphatic rings. The van der Waals surface area contributed by atoms with Gasteiger partial charge in [-0.25, -0.2) is 4.39 Å². The second-order valence-corrected chi connectivity index (χ2v) is 6.45. The molecule has 4 nitrogen and oxygen atoms in total. The molecule has 0 saturated heterocycles. The minimum atomic E-state index is -4.76. The number of carbonyl (C=O) groups excluding carboxylic acids is 2. The molecule has 156 valence electrons. The molecule has 0 saturated carbocycles. The second kappa shape index (κ2) is 8.10. The molecule has 0 heterocycles. The van der Waals surface area contributed by atoms with Gasteiger partial charge >= 0.3 is 6.18 Å². The molecule has 3 rings (SSSR count). The van der Waals surface area contributed by atoms with Crippen LogP contribution in [0.3, 0.4) is 0 Å². The molecule has 1 amide bonds. The standard InChI is InChI=1S/C21H14F5NO3/c1-11-5-7-17(19(23)18(11)22)30-16-8-6-12(21(24,25)26)9-15(16)20(29)27-13-3-2-4-14(28)10-13/h2-3,5-10H,4H2,1H3,(H,27,29). The molecule has 0 aliphatic heterocycles. The van der Waals surface area contributed by atoms with Crippen molar-refractivity contribution in [3.8, 4) is 11.5 Å². The lowest BCUT2D eigenvalue weighted by molar-refractivity contribution is -0.137. The molecule has 30 heavy (non-hydrogen) atoms. The fourth-order valence-corrected chi connectivity index (χ4v) is 2.66. The highest BCUT2D eigenvalue weighted by Gasteiger charge is 2.32. The van der Waals surface area contributed by atoms with Crippen LogP contribution in [-0.2, 0) is 11.0 Å². The molecule has 2 aromatic carbocycles. The third-order valence-corrected chi connectivity index (χ3v) is 4.20. The average molecular weight is 423 g/mol. The zero-order valence-electron chi connectivity index (χ0n) is 15.4. The number of ether oxygens (including phenoxy) is 1. The third kappa shape index (κ3) is 4.56. The van der Waals surface area contributed by atoms with Crippen molar-refractivity contribution < 1.29 is 36.3 Å². The largest absolute Gasteiger partial charge is 0.453 e. The highest BCUT2D eigenvalue weighted by atomic mass is 19.4. The lowest BCUT2D eigenvalue weighted by Crippen LogP contribution is -2.24. The summed E-state index contributed by atoms with van der Waals surface area (Å²) in [5.41, 5.74) is -1.63. The molecule has 0 bridgehead atoms. The number of carbonyl (C=O) groups is 2. The Balaban J connectivity index is 2.01. The molecule has 0 aromatic heterocycles. The summed E-state index contributed by atoms with van der Waals surface area (Å²) in [5, 5.41) is 2.30. The zero-order chi connectivity index (χ0) is 22.1. The van der Waals surface area contributed by atoms with Gasteiger partial charge in [-0.1, -0.05) is 12.1 Å². The average Bonchev–Trinajstić information content (AvgIpc) is 2.68. The minimum Gasteiger partial charge on any atom is -0.453 e. The van der Waals surface area contributed by atoms with Crippen LogP contribution in [0.5, 0.6) is 11.5 Å². The van der Waals surface area contributed by atoms with Crippen LogP contribution in [0.25, 0.3) is 0 Å². The van der Waals surface area contributed by atoms with Crippen LogP contribution >= 0.6 is 0 Å². The van der Waals surface area contributed by atoms with Crippen molar-refractivity contribution in [1.29, 1.82) is 0 Å². The smallest absolute Gasteiger partial charge is 0.416 e. The van der Waals surface area contributed by atoms with Gasteiger partial charge in [0.1, 0.15) is 5.75 Å². The van der Waals surface area contributed by atoms with Gasteiger partial charge < -0.3 is 10.1 Å². The van der Waals surface area contributed by atoms with Gasteiger partial charge in [0.15, 0.2) is 17.3 Å². The fourth-order valence-electron chi connectivity index (χ4n) is 2.66. The number of nitrogens with one attached hydrogen (secondary N) is 1. The van der Waals surface area contributed by atoms with Crippen molar-refractivity contribution in [2.24, 2.45) is 0 Å². The maximum Gasteiger partial charge on any atom is 0.416 e. The molecule has 2 aromatic rings. The predicted octanol–water partition coefficient (Wildman–Crippen LogP) is 5.23. The Morgan fingerprint density at radius 2 is 1.77 bits per heavy atom. The number of hydrogen-bond acceptors (Lipinski definition) is 3. The van der Waals surface area contributed by atoms with Crippen LogP contribution < -0.4 is 10.1 Å². The zero-order valence-corrected chi connectivity index (χ0v) is 15.4. The highest BCUT2D eigenvalue weighted by Crippen LogP contribution is 2.35. The van der Waals surface area contributed by atoms with Crippen molar-refractivity contribution in [1.82, 2.24) is 5.32 Å². The van der Waals surface area contributed by atoms with Crippen LogP contribution in [0.15, 0.2) is 54.3 Å². The van der Waals surface area contributed by atoms with E-state index >= 15 is 0 Å². The van der Waals surface area contributed by atoms with E-state index in [-0.39, 0.29) is 23.5 Å². The van der Waals surface area contributed by atoms with Gasteiger partial charge in [-0.3, -0.25) is 9.59 Å². The number of benzene rings is 2. The number of alkyl halides is 3. The Morgan fingerprint density at radius 3 is 2.43 bits per heavy atom. The van der Waals surface area contributed by atoms with E-state index in [1.165, 1.54) is 25.1 Å². The number of rotatable bonds is 4. The molecule has 0 fully saturated rings. The van der Waals surface area contributed by atoms with Crippen molar-refractivity contribution in [3.63, 3.8) is 0 Å². The Hall–Kier alpha value is -3.49. The summed E-state index contributed by atoms with van der Waals surface area (Å²) < 4.78 is 72.5. The number of aryl methyl sites for hydroxylation is 1. The van der Waals surface area contributed by atoms with E-state index in [1.807, 2.05) is 0 Å². The summed E-state index contributed by atoms with van der Waals surface area (Å²) in [6, 6.07) is 4.34. The maximum absolute atomic E-state index is 14.1. The molecular formula is C21H14F5NO3. The molecule has 1 N–H and O–H groups in total. The first-order valence-corrected chi connectivity index (χ1v) is 8.62. The minimum absolute atomic E-state index is 0.00549. The van der Waals surface area contributed by atoms with Crippen LogP contribution in [0, 0.1) is 18.6 Å². The Morgan fingerprint density at radius 1 is 1.07 bits per heavy atom. The number of amides is 1. The van der Waals surface area contributed by atoms with Crippen LogP contribution in [0.2, 0.25) is 0 Å². The molecule has 0 spiro atoms. The van der Waals surface area contributed by atoms with E-state index in [0.29, 0.717) is 12.1 Å². The fraction of sp³-hybridized carbons (Fsp3) is 0.143. The third-order valence-electron chi connectivity index (χ3n) is 4.20. The van der Waals surface area contributed by atoms with E-state index in [4.69, 9.17) is 4.74 Å². The van der Waals surface area contributed by atoms with Crippen molar-refractivity contribution >= 4 is 11.7 Å². The summed E-state index contributed by atoms with van der Waals surface area (Å²) in [4.78, 5) is 24.1. The number of hydrogen-bond donors (Lipinski definition) is 1. The monoisotopic (exact) mass is 423 g/mol. The Kier molecular flexibility index (Phi) is 5.73. The first-order chi connectivity index (χ1) is 14.1. The highest BCUT2D eigenvalue weighted by molar-refractivity contribution is 6.00. The molecule has 0 radical (unpaired) electrons. The number of ketones is 1. The Bertz CT molecular complexity index is 1090. The van der Waals surface area contributed by atoms with Crippen molar-refractivity contribution in [2.45, 2.75) is 19.5 Å². The van der Waals surface area contributed by atoms with Gasteiger partial charge in [0.05, 0.1) is 11.1 Å². The van der Waals surface area contributed by atoms with Crippen LogP contribution in [0.4, 0.5) is 22.0 Å². The van der Waals surface area contributed by atoms with Crippen LogP contribution in [-0.4, -0.2) is 11.7 Å². The van der Waals surface area contributed by atoms with Crippen LogP contribution in [0.1, 0.15) is 27.9 Å². The normalized spacial score (nSPS) is 13.8. The molecule has 0 atom stereocenters. The van der Waals surface area contributed by atoms with E-state index in [0.717, 1.165) is 18.2 Å². The first kappa shape index (κ1) is 21.2. The van der Waals surface area contributed by atoms with Crippen molar-refractivity contribution in [2.75, 3.05) is 0 Å². The second-order valence-electron chi connectivity index (χ2n) is 6.45. The summed E-state index contributed by atoms with van der Waals surface area (Å²) >= 11 is 0. The number of halogens is 5. The van der Waals surface area contributed by atoms with Gasteiger partial charge in [0.2, 0.25) is 5.82 Å². The topological polar surface area (TPSA) is 55.4 Å². The van der Waals surface area contributed by atoms with E-state index < -0.39 is 46.3 Å². The molecule has 0 unspecified atom stereocenters. The van der Waals surface area contributed by atoms with Gasteiger partial charge in [-0.15, -0.1) is 0 Å².